The number of carbonyl (C=O) groups excluding carboxylic acids is 1. The normalized spacial score (nSPS) is 23.9. The van der Waals surface area contributed by atoms with Crippen LogP contribution in [0.25, 0.3) is 0 Å². The van der Waals surface area contributed by atoms with Crippen molar-refractivity contribution in [2.45, 2.75) is 28.8 Å². The van der Waals surface area contributed by atoms with E-state index in [1.807, 2.05) is 11.8 Å². The van der Waals surface area contributed by atoms with Crippen LogP contribution in [0.2, 0.25) is 0 Å². The first-order chi connectivity index (χ1) is 7.70. The predicted molar refractivity (Wildman–Crippen MR) is 67.0 cm³/mol. The lowest BCUT2D eigenvalue weighted by Gasteiger charge is -2.27. The Balaban J connectivity index is 2.03. The van der Waals surface area contributed by atoms with E-state index in [2.05, 4.69) is 28.4 Å². The van der Waals surface area contributed by atoms with Gasteiger partial charge in [-0.3, -0.25) is 10.1 Å². The van der Waals surface area contributed by atoms with Gasteiger partial charge in [0.2, 0.25) is 0 Å². The highest BCUT2D eigenvalue weighted by atomic mass is 32.2. The number of esters is 1. The molecule has 0 amide bonds. The molecule has 0 spiro atoms. The maximum Gasteiger partial charge on any atom is 0.319 e. The monoisotopic (exact) mass is 257 g/mol. The van der Waals surface area contributed by atoms with Gasteiger partial charge in [-0.05, 0) is 23.4 Å². The number of nitrogens with one attached hydrogen (secondary N) is 1. The number of carbonyl (C=O) groups is 1. The summed E-state index contributed by atoms with van der Waals surface area (Å²) in [7, 11) is 1.42. The molecule has 5 heteroatoms. The van der Waals surface area contributed by atoms with Crippen molar-refractivity contribution in [2.75, 3.05) is 13.7 Å². The maximum atomic E-state index is 11.1. The number of rotatable bonds is 3. The van der Waals surface area contributed by atoms with Gasteiger partial charge < -0.3 is 4.74 Å². The minimum atomic E-state index is -0.206. The summed E-state index contributed by atoms with van der Waals surface area (Å²) in [6, 6.07) is 2.44. The van der Waals surface area contributed by atoms with Gasteiger partial charge in [-0.15, -0.1) is 23.1 Å². The molecule has 0 bridgehead atoms. The lowest BCUT2D eigenvalue weighted by atomic mass is 10.1. The number of hydrogen-bond donors (Lipinski definition) is 1. The Morgan fingerprint density at radius 3 is 3.25 bits per heavy atom. The molecule has 0 aromatic carbocycles. The molecule has 2 atom stereocenters. The number of thioether (sulfide) groups is 1. The van der Waals surface area contributed by atoms with Gasteiger partial charge in [-0.1, -0.05) is 6.92 Å². The van der Waals surface area contributed by atoms with Gasteiger partial charge in [0.25, 0.3) is 0 Å². The first kappa shape index (κ1) is 12.0. The summed E-state index contributed by atoms with van der Waals surface area (Å²) in [4.78, 5) is 11.1. The highest BCUT2D eigenvalue weighted by Gasteiger charge is 2.26. The van der Waals surface area contributed by atoms with Gasteiger partial charge in [-0.2, -0.15) is 0 Å². The van der Waals surface area contributed by atoms with Crippen LogP contribution >= 0.6 is 23.1 Å². The predicted octanol–water partition coefficient (Wildman–Crippen LogP) is 2.44. The first-order valence-corrected chi connectivity index (χ1v) is 7.01. The Bertz CT molecular complexity index is 378. The standard InChI is InChI=1S/C11H15NO2S2/c1-7-5-9(12-6-10(13)14-2)8-3-4-15-11(8)16-7/h3-4,7,9,12H,5-6H2,1-2H3/t7-,9?/m0/s1. The third-order valence-electron chi connectivity index (χ3n) is 2.63. The highest BCUT2D eigenvalue weighted by Crippen LogP contribution is 2.43. The summed E-state index contributed by atoms with van der Waals surface area (Å²) in [5.41, 5.74) is 1.33. The summed E-state index contributed by atoms with van der Waals surface area (Å²) in [5.74, 6) is -0.206. The lowest BCUT2D eigenvalue weighted by molar-refractivity contribution is -0.139. The van der Waals surface area contributed by atoms with E-state index in [9.17, 15) is 4.79 Å². The van der Waals surface area contributed by atoms with Gasteiger partial charge in [0.1, 0.15) is 0 Å². The molecule has 0 saturated carbocycles. The first-order valence-electron chi connectivity index (χ1n) is 5.25. The van der Waals surface area contributed by atoms with Crippen LogP contribution in [0, 0.1) is 0 Å². The molecule has 2 heterocycles. The molecule has 16 heavy (non-hydrogen) atoms. The van der Waals surface area contributed by atoms with Crippen molar-refractivity contribution in [1.82, 2.24) is 5.32 Å². The van der Waals surface area contributed by atoms with Crippen molar-refractivity contribution in [1.29, 1.82) is 0 Å². The van der Waals surface area contributed by atoms with Crippen LogP contribution in [-0.2, 0) is 9.53 Å². The fraction of sp³-hybridized carbons (Fsp3) is 0.545. The van der Waals surface area contributed by atoms with Gasteiger partial charge in [0.05, 0.1) is 17.9 Å². The Labute approximate surface area is 104 Å². The van der Waals surface area contributed by atoms with Crippen molar-refractivity contribution in [2.24, 2.45) is 0 Å². The Hall–Kier alpha value is -0.520. The molecule has 0 saturated heterocycles. The zero-order valence-corrected chi connectivity index (χ0v) is 11.0. The van der Waals surface area contributed by atoms with E-state index in [4.69, 9.17) is 0 Å². The van der Waals surface area contributed by atoms with E-state index in [0.29, 0.717) is 5.25 Å². The van der Waals surface area contributed by atoms with Gasteiger partial charge >= 0.3 is 5.97 Å². The van der Waals surface area contributed by atoms with Crippen molar-refractivity contribution in [3.05, 3.63) is 17.0 Å². The Kier molecular flexibility index (Phi) is 3.89. The van der Waals surface area contributed by atoms with Crippen LogP contribution in [0.3, 0.4) is 0 Å². The molecule has 3 nitrogen and oxygen atoms in total. The van der Waals surface area contributed by atoms with Crippen LogP contribution in [0.4, 0.5) is 0 Å². The van der Waals surface area contributed by atoms with E-state index in [1.165, 1.54) is 16.9 Å². The molecule has 1 aromatic rings. The second-order valence-electron chi connectivity index (χ2n) is 3.84. The van der Waals surface area contributed by atoms with Crippen LogP contribution < -0.4 is 5.32 Å². The van der Waals surface area contributed by atoms with Gasteiger partial charge in [-0.25, -0.2) is 0 Å². The summed E-state index contributed by atoms with van der Waals surface area (Å²) in [6.07, 6.45) is 1.06. The minimum Gasteiger partial charge on any atom is -0.468 e. The molecule has 0 fully saturated rings. The molecule has 1 unspecified atom stereocenters. The summed E-state index contributed by atoms with van der Waals surface area (Å²) >= 11 is 3.70. The second kappa shape index (κ2) is 5.21. The van der Waals surface area contributed by atoms with Crippen LogP contribution in [-0.4, -0.2) is 24.9 Å². The second-order valence-corrected chi connectivity index (χ2v) is 6.46. The van der Waals surface area contributed by atoms with E-state index >= 15 is 0 Å². The van der Waals surface area contributed by atoms with Crippen molar-refractivity contribution in [3.63, 3.8) is 0 Å². The Morgan fingerprint density at radius 2 is 2.50 bits per heavy atom. The van der Waals surface area contributed by atoms with Gasteiger partial charge in [0.15, 0.2) is 0 Å². The van der Waals surface area contributed by atoms with Crippen LogP contribution in [0.5, 0.6) is 0 Å². The number of methoxy groups -OCH3 is 1. The third-order valence-corrected chi connectivity index (χ3v) is 4.97. The Morgan fingerprint density at radius 1 is 1.69 bits per heavy atom. The zero-order valence-electron chi connectivity index (χ0n) is 9.36. The highest BCUT2D eigenvalue weighted by molar-refractivity contribution is 8.01. The molecular weight excluding hydrogens is 242 g/mol. The summed E-state index contributed by atoms with van der Waals surface area (Å²) in [6.45, 7) is 2.51. The molecule has 0 aliphatic carbocycles. The lowest BCUT2D eigenvalue weighted by Crippen LogP contribution is -2.31. The molecule has 1 aromatic heterocycles. The molecule has 1 N–H and O–H groups in total. The molecular formula is C11H15NO2S2. The molecule has 0 radical (unpaired) electrons. The molecule has 88 valence electrons. The average molecular weight is 257 g/mol. The van der Waals surface area contributed by atoms with Crippen LogP contribution in [0.1, 0.15) is 24.9 Å². The summed E-state index contributed by atoms with van der Waals surface area (Å²) < 4.78 is 6.01. The van der Waals surface area contributed by atoms with Crippen LogP contribution in [0.15, 0.2) is 15.7 Å². The largest absolute Gasteiger partial charge is 0.468 e. The smallest absolute Gasteiger partial charge is 0.319 e. The molecule has 1 aliphatic heterocycles. The third kappa shape index (κ3) is 2.59. The fourth-order valence-electron chi connectivity index (χ4n) is 1.82. The fourth-order valence-corrected chi connectivity index (χ4v) is 4.39. The zero-order chi connectivity index (χ0) is 11.5. The number of ether oxygens (including phenoxy) is 1. The average Bonchev–Trinajstić information content (AvgIpc) is 2.73. The number of hydrogen-bond acceptors (Lipinski definition) is 5. The maximum absolute atomic E-state index is 11.1. The van der Waals surface area contributed by atoms with Crippen molar-refractivity contribution < 1.29 is 9.53 Å². The number of thiophene rings is 1. The molecule has 1 aliphatic rings. The van der Waals surface area contributed by atoms with E-state index in [-0.39, 0.29) is 18.6 Å². The molecule has 2 rings (SSSR count). The quantitative estimate of drug-likeness (QED) is 0.844. The van der Waals surface area contributed by atoms with Crippen molar-refractivity contribution in [3.8, 4) is 0 Å². The van der Waals surface area contributed by atoms with Crippen molar-refractivity contribution >= 4 is 29.1 Å². The van der Waals surface area contributed by atoms with E-state index in [1.54, 1.807) is 11.3 Å². The topological polar surface area (TPSA) is 38.3 Å². The van der Waals surface area contributed by atoms with E-state index in [0.717, 1.165) is 6.42 Å². The number of fused-ring (bicyclic) bond motifs is 1. The van der Waals surface area contributed by atoms with E-state index < -0.39 is 0 Å². The minimum absolute atomic E-state index is 0.206. The summed E-state index contributed by atoms with van der Waals surface area (Å²) in [5, 5.41) is 5.98. The SMILES string of the molecule is COC(=O)CNC1C[C@H](C)Sc2sccc21. The van der Waals surface area contributed by atoms with Gasteiger partial charge in [0, 0.05) is 11.3 Å².